The summed E-state index contributed by atoms with van der Waals surface area (Å²) >= 11 is 1.12. The second-order valence-electron chi connectivity index (χ2n) is 3.82. The largest absolute Gasteiger partial charge is 0.396 e. The first-order chi connectivity index (χ1) is 9.12. The van der Waals surface area contributed by atoms with Crippen LogP contribution in [0.25, 0.3) is 0 Å². The van der Waals surface area contributed by atoms with Gasteiger partial charge in [-0.25, -0.2) is 8.42 Å². The molecule has 0 radical (unpaired) electrons. The third-order valence-corrected chi connectivity index (χ3v) is 4.53. The van der Waals surface area contributed by atoms with Crippen LogP contribution in [0.1, 0.15) is 12.0 Å². The Kier molecular flexibility index (Phi) is 4.46. The lowest BCUT2D eigenvalue weighted by Crippen LogP contribution is -2.12. The number of aromatic nitrogens is 2. The number of nitrogens with one attached hydrogen (secondary N) is 1. The predicted octanol–water partition coefficient (Wildman–Crippen LogP) is 1.26. The number of hydrogen-bond acceptors (Lipinski definition) is 6. The Labute approximate surface area is 115 Å². The summed E-state index contributed by atoms with van der Waals surface area (Å²) in [4.78, 5) is 0.176. The first kappa shape index (κ1) is 13.9. The smallest absolute Gasteiger partial charge is 0.263 e. The number of anilines is 1. The fourth-order valence-electron chi connectivity index (χ4n) is 1.51. The van der Waals surface area contributed by atoms with Crippen molar-refractivity contribution < 1.29 is 13.5 Å². The number of benzene rings is 1. The van der Waals surface area contributed by atoms with Gasteiger partial charge < -0.3 is 5.11 Å². The molecule has 0 fully saturated rings. The van der Waals surface area contributed by atoms with E-state index in [9.17, 15) is 8.42 Å². The minimum Gasteiger partial charge on any atom is -0.396 e. The Hall–Kier alpha value is -1.51. The van der Waals surface area contributed by atoms with Gasteiger partial charge in [-0.05, 0) is 30.5 Å². The van der Waals surface area contributed by atoms with Gasteiger partial charge in [-0.15, -0.1) is 10.2 Å². The van der Waals surface area contributed by atoms with Gasteiger partial charge in [0.1, 0.15) is 5.51 Å². The average Bonchev–Trinajstić information content (AvgIpc) is 2.89. The molecule has 0 bridgehead atoms. The SMILES string of the molecule is O=S(=O)(Nc1nncs1)c1ccc(CCCO)cc1. The molecule has 1 aromatic heterocycles. The normalized spacial score (nSPS) is 11.4. The van der Waals surface area contributed by atoms with E-state index < -0.39 is 10.0 Å². The summed E-state index contributed by atoms with van der Waals surface area (Å²) in [5.74, 6) is 0. The number of rotatable bonds is 6. The standard InChI is InChI=1S/C11H13N3O3S2/c15-7-1-2-9-3-5-10(6-4-9)19(16,17)14-11-13-12-8-18-11/h3-6,8,15H,1-2,7H2,(H,13,14). The molecule has 0 atom stereocenters. The van der Waals surface area contributed by atoms with Gasteiger partial charge in [-0.3, -0.25) is 4.72 Å². The highest BCUT2D eigenvalue weighted by molar-refractivity contribution is 7.93. The summed E-state index contributed by atoms with van der Waals surface area (Å²) in [5.41, 5.74) is 2.44. The van der Waals surface area contributed by atoms with Crippen molar-refractivity contribution in [3.05, 3.63) is 35.3 Å². The second-order valence-corrected chi connectivity index (χ2v) is 6.34. The average molecular weight is 299 g/mol. The molecule has 8 heteroatoms. The molecule has 6 nitrogen and oxygen atoms in total. The summed E-state index contributed by atoms with van der Waals surface area (Å²) in [6.07, 6.45) is 1.38. The summed E-state index contributed by atoms with van der Waals surface area (Å²) in [6, 6.07) is 6.56. The molecule has 0 spiro atoms. The molecule has 2 N–H and O–H groups in total. The van der Waals surface area contributed by atoms with Gasteiger partial charge in [0.25, 0.3) is 10.0 Å². The van der Waals surface area contributed by atoms with E-state index >= 15 is 0 Å². The number of aryl methyl sites for hydroxylation is 1. The topological polar surface area (TPSA) is 92.2 Å². The molecule has 1 heterocycles. The molecule has 0 aliphatic heterocycles. The number of nitrogens with zero attached hydrogens (tertiary/aromatic N) is 2. The lowest BCUT2D eigenvalue weighted by Gasteiger charge is -2.05. The maximum Gasteiger partial charge on any atom is 0.263 e. The Balaban J connectivity index is 2.12. The van der Waals surface area contributed by atoms with Crippen LogP contribution in [-0.2, 0) is 16.4 Å². The minimum atomic E-state index is -3.61. The van der Waals surface area contributed by atoms with E-state index in [4.69, 9.17) is 5.11 Å². The molecule has 2 aromatic rings. The van der Waals surface area contributed by atoms with Crippen molar-refractivity contribution in [1.82, 2.24) is 10.2 Å². The molecule has 0 aliphatic rings. The zero-order chi connectivity index (χ0) is 13.7. The number of aliphatic hydroxyl groups excluding tert-OH is 1. The first-order valence-corrected chi connectivity index (χ1v) is 7.97. The third kappa shape index (κ3) is 3.72. The maximum absolute atomic E-state index is 12.0. The Morgan fingerprint density at radius 2 is 2.00 bits per heavy atom. The van der Waals surface area contributed by atoms with Crippen LogP contribution in [0, 0.1) is 0 Å². The van der Waals surface area contributed by atoms with E-state index in [-0.39, 0.29) is 16.6 Å². The summed E-state index contributed by atoms with van der Waals surface area (Å²) in [7, 11) is -3.61. The van der Waals surface area contributed by atoms with E-state index in [0.717, 1.165) is 23.3 Å². The van der Waals surface area contributed by atoms with Crippen molar-refractivity contribution >= 4 is 26.5 Å². The molecule has 0 saturated carbocycles. The van der Waals surface area contributed by atoms with Crippen LogP contribution >= 0.6 is 11.3 Å². The van der Waals surface area contributed by atoms with Crippen molar-refractivity contribution in [2.75, 3.05) is 11.3 Å². The zero-order valence-corrected chi connectivity index (χ0v) is 11.6. The predicted molar refractivity (Wildman–Crippen MR) is 72.6 cm³/mol. The van der Waals surface area contributed by atoms with Gasteiger partial charge in [0.05, 0.1) is 4.90 Å². The van der Waals surface area contributed by atoms with Crippen LogP contribution in [0.2, 0.25) is 0 Å². The Morgan fingerprint density at radius 3 is 2.58 bits per heavy atom. The molecule has 2 rings (SSSR count). The number of aliphatic hydroxyl groups is 1. The summed E-state index contributed by atoms with van der Waals surface area (Å²) < 4.78 is 26.4. The highest BCUT2D eigenvalue weighted by Gasteiger charge is 2.15. The van der Waals surface area contributed by atoms with Crippen molar-refractivity contribution in [3.63, 3.8) is 0 Å². The van der Waals surface area contributed by atoms with E-state index in [1.807, 2.05) is 0 Å². The van der Waals surface area contributed by atoms with E-state index in [2.05, 4.69) is 14.9 Å². The van der Waals surface area contributed by atoms with Gasteiger partial charge in [0.15, 0.2) is 0 Å². The van der Waals surface area contributed by atoms with Gasteiger partial charge in [-0.1, -0.05) is 23.5 Å². The highest BCUT2D eigenvalue weighted by atomic mass is 32.2. The lowest BCUT2D eigenvalue weighted by molar-refractivity contribution is 0.288. The number of sulfonamides is 1. The summed E-state index contributed by atoms with van der Waals surface area (Å²) in [5, 5.41) is 16.2. The molecule has 19 heavy (non-hydrogen) atoms. The quantitative estimate of drug-likeness (QED) is 0.838. The van der Waals surface area contributed by atoms with E-state index in [0.29, 0.717) is 6.42 Å². The Morgan fingerprint density at radius 1 is 1.26 bits per heavy atom. The number of hydrogen-bond donors (Lipinski definition) is 2. The fraction of sp³-hybridized carbons (Fsp3) is 0.273. The lowest BCUT2D eigenvalue weighted by atomic mass is 10.1. The van der Waals surface area contributed by atoms with Crippen molar-refractivity contribution in [2.24, 2.45) is 0 Å². The van der Waals surface area contributed by atoms with E-state index in [1.165, 1.54) is 17.6 Å². The molecule has 102 valence electrons. The first-order valence-electron chi connectivity index (χ1n) is 5.60. The van der Waals surface area contributed by atoms with E-state index in [1.54, 1.807) is 12.1 Å². The van der Waals surface area contributed by atoms with Crippen molar-refractivity contribution in [1.29, 1.82) is 0 Å². The second kappa shape index (κ2) is 6.09. The maximum atomic E-state index is 12.0. The van der Waals surface area contributed by atoms with Crippen LogP contribution in [0.3, 0.4) is 0 Å². The van der Waals surface area contributed by atoms with Crippen LogP contribution in [-0.4, -0.2) is 30.3 Å². The Bertz CT molecular complexity index is 609. The molecular weight excluding hydrogens is 286 g/mol. The molecule has 0 amide bonds. The monoisotopic (exact) mass is 299 g/mol. The molecule has 0 unspecified atom stereocenters. The van der Waals surface area contributed by atoms with Gasteiger partial charge in [0.2, 0.25) is 5.13 Å². The van der Waals surface area contributed by atoms with Crippen LogP contribution in [0.15, 0.2) is 34.7 Å². The fourth-order valence-corrected chi connectivity index (χ4v) is 3.20. The minimum absolute atomic E-state index is 0.124. The molecule has 0 saturated heterocycles. The van der Waals surface area contributed by atoms with Crippen molar-refractivity contribution in [3.8, 4) is 0 Å². The molecule has 0 aliphatic carbocycles. The zero-order valence-electron chi connectivity index (χ0n) is 9.98. The van der Waals surface area contributed by atoms with Crippen LogP contribution in [0.5, 0.6) is 0 Å². The van der Waals surface area contributed by atoms with Gasteiger partial charge in [0, 0.05) is 6.61 Å². The van der Waals surface area contributed by atoms with Crippen LogP contribution in [0.4, 0.5) is 5.13 Å². The van der Waals surface area contributed by atoms with Gasteiger partial charge in [-0.2, -0.15) is 0 Å². The molecule has 1 aromatic carbocycles. The van der Waals surface area contributed by atoms with Crippen molar-refractivity contribution in [2.45, 2.75) is 17.7 Å². The molecular formula is C11H13N3O3S2. The van der Waals surface area contributed by atoms with Crippen LogP contribution < -0.4 is 4.72 Å². The van der Waals surface area contributed by atoms with Gasteiger partial charge >= 0.3 is 0 Å². The summed E-state index contributed by atoms with van der Waals surface area (Å²) in [6.45, 7) is 0.124. The highest BCUT2D eigenvalue weighted by Crippen LogP contribution is 2.17. The third-order valence-electron chi connectivity index (χ3n) is 2.44.